The Morgan fingerprint density at radius 2 is 2.20 bits per heavy atom. The van der Waals surface area contributed by atoms with E-state index in [1.54, 1.807) is 0 Å². The lowest BCUT2D eigenvalue weighted by Crippen LogP contribution is -2.49. The lowest BCUT2D eigenvalue weighted by Gasteiger charge is -2.23. The van der Waals surface area contributed by atoms with Crippen molar-refractivity contribution in [3.63, 3.8) is 0 Å². The number of nitrogens with two attached hydrogens (primary N) is 1. The first-order valence-corrected chi connectivity index (χ1v) is 3.26. The number of amides is 1. The third-order valence-electron chi connectivity index (χ3n) is 1.64. The zero-order chi connectivity index (χ0) is 6.85. The van der Waals surface area contributed by atoms with Crippen molar-refractivity contribution >= 4 is 18.3 Å². The lowest BCUT2D eigenvalue weighted by molar-refractivity contribution is -0.124. The Labute approximate surface area is 66.8 Å². The molecule has 60 valence electrons. The van der Waals surface area contributed by atoms with Gasteiger partial charge in [0.1, 0.15) is 0 Å². The van der Waals surface area contributed by atoms with Crippen LogP contribution in [0.5, 0.6) is 0 Å². The van der Waals surface area contributed by atoms with Crippen molar-refractivity contribution in [3.8, 4) is 0 Å². The summed E-state index contributed by atoms with van der Waals surface area (Å²) in [7, 11) is 0. The van der Waals surface area contributed by atoms with Crippen molar-refractivity contribution in [3.05, 3.63) is 0 Å². The molecule has 0 saturated carbocycles. The molecule has 0 radical (unpaired) electrons. The van der Waals surface area contributed by atoms with Gasteiger partial charge in [0, 0.05) is 6.04 Å². The van der Waals surface area contributed by atoms with Crippen LogP contribution in [0.4, 0.5) is 0 Å². The van der Waals surface area contributed by atoms with Crippen molar-refractivity contribution in [2.75, 3.05) is 0 Å². The fourth-order valence-electron chi connectivity index (χ4n) is 0.983. The maximum Gasteiger partial charge on any atom is 0.237 e. The van der Waals surface area contributed by atoms with Crippen LogP contribution in [0.2, 0.25) is 0 Å². The fraction of sp³-hybridized carbons (Fsp3) is 0.833. The Morgan fingerprint density at radius 3 is 2.60 bits per heavy atom. The van der Waals surface area contributed by atoms with E-state index >= 15 is 0 Å². The molecule has 10 heavy (non-hydrogen) atoms. The minimum absolute atomic E-state index is 0. The van der Waals surface area contributed by atoms with Gasteiger partial charge in [-0.05, 0) is 19.8 Å². The predicted octanol–water partition coefficient (Wildman–Crippen LogP) is 0.0340. The van der Waals surface area contributed by atoms with Crippen molar-refractivity contribution < 1.29 is 4.79 Å². The highest BCUT2D eigenvalue weighted by Crippen LogP contribution is 2.05. The van der Waals surface area contributed by atoms with Gasteiger partial charge in [0.15, 0.2) is 0 Å². The van der Waals surface area contributed by atoms with E-state index in [-0.39, 0.29) is 24.4 Å². The second kappa shape index (κ2) is 3.78. The minimum Gasteiger partial charge on any atom is -0.352 e. The Bertz CT molecular complexity index is 129. The molecule has 1 aliphatic rings. The molecular weight excluding hydrogens is 152 g/mol. The third-order valence-corrected chi connectivity index (χ3v) is 1.64. The first-order chi connectivity index (χ1) is 4.20. The van der Waals surface area contributed by atoms with Crippen LogP contribution in [0.3, 0.4) is 0 Å². The van der Waals surface area contributed by atoms with E-state index in [1.807, 2.05) is 6.92 Å². The summed E-state index contributed by atoms with van der Waals surface area (Å²) >= 11 is 0. The van der Waals surface area contributed by atoms with E-state index in [1.165, 1.54) is 0 Å². The number of nitrogens with one attached hydrogen (secondary N) is 1. The summed E-state index contributed by atoms with van der Waals surface area (Å²) in [6, 6.07) is 0.0542. The first kappa shape index (κ1) is 9.72. The highest BCUT2D eigenvalue weighted by molar-refractivity contribution is 5.85. The Kier molecular flexibility index (Phi) is 3.68. The summed E-state index contributed by atoms with van der Waals surface area (Å²) in [5.41, 5.74) is 5.43. The van der Waals surface area contributed by atoms with Gasteiger partial charge in [-0.2, -0.15) is 0 Å². The van der Waals surface area contributed by atoms with E-state index in [9.17, 15) is 4.79 Å². The van der Waals surface area contributed by atoms with Gasteiger partial charge in [-0.1, -0.05) is 0 Å². The van der Waals surface area contributed by atoms with E-state index in [4.69, 9.17) is 5.73 Å². The Balaban J connectivity index is 0.000000810. The second-order valence-electron chi connectivity index (χ2n) is 2.59. The van der Waals surface area contributed by atoms with Crippen LogP contribution in [-0.4, -0.2) is 18.0 Å². The van der Waals surface area contributed by atoms with Crippen molar-refractivity contribution in [2.45, 2.75) is 31.8 Å². The molecule has 0 spiro atoms. The summed E-state index contributed by atoms with van der Waals surface area (Å²) in [5, 5.41) is 2.77. The molecule has 0 aromatic carbocycles. The molecule has 0 aliphatic carbocycles. The van der Waals surface area contributed by atoms with E-state index < -0.39 is 0 Å². The molecule has 4 heteroatoms. The third kappa shape index (κ3) is 2.15. The van der Waals surface area contributed by atoms with Crippen LogP contribution >= 0.6 is 12.4 Å². The molecule has 1 saturated heterocycles. The summed E-state index contributed by atoms with van der Waals surface area (Å²) in [6.07, 6.45) is 1.83. The highest BCUT2D eigenvalue weighted by Gasteiger charge is 2.21. The number of halogens is 1. The number of carbonyl (C=O) groups excluding carboxylic acids is 1. The largest absolute Gasteiger partial charge is 0.352 e. The molecule has 1 heterocycles. The molecule has 0 aromatic heterocycles. The highest BCUT2D eigenvalue weighted by atomic mass is 35.5. The van der Waals surface area contributed by atoms with Crippen LogP contribution in [-0.2, 0) is 4.79 Å². The summed E-state index contributed by atoms with van der Waals surface area (Å²) in [4.78, 5) is 10.8. The SMILES string of the molecule is C[C@H]1CC[C@H](N)C(=O)N1.Cl. The summed E-state index contributed by atoms with van der Waals surface area (Å²) < 4.78 is 0. The summed E-state index contributed by atoms with van der Waals surface area (Å²) in [5.74, 6) is -0.00579. The van der Waals surface area contributed by atoms with Crippen LogP contribution in [0, 0.1) is 0 Å². The topological polar surface area (TPSA) is 55.1 Å². The van der Waals surface area contributed by atoms with Gasteiger partial charge in [0.2, 0.25) is 5.91 Å². The van der Waals surface area contributed by atoms with Crippen LogP contribution < -0.4 is 11.1 Å². The molecule has 3 N–H and O–H groups in total. The van der Waals surface area contributed by atoms with Gasteiger partial charge in [0.25, 0.3) is 0 Å². The minimum atomic E-state index is -0.263. The maximum atomic E-state index is 10.8. The first-order valence-electron chi connectivity index (χ1n) is 3.26. The second-order valence-corrected chi connectivity index (χ2v) is 2.59. The zero-order valence-corrected chi connectivity index (χ0v) is 6.78. The molecule has 0 aromatic rings. The van der Waals surface area contributed by atoms with Gasteiger partial charge in [0.05, 0.1) is 6.04 Å². The number of rotatable bonds is 0. The van der Waals surface area contributed by atoms with Crippen molar-refractivity contribution in [2.24, 2.45) is 5.73 Å². The monoisotopic (exact) mass is 164 g/mol. The van der Waals surface area contributed by atoms with Crippen molar-refractivity contribution in [1.82, 2.24) is 5.32 Å². The average Bonchev–Trinajstić information content (AvgIpc) is 1.80. The molecule has 1 amide bonds. The molecule has 1 rings (SSSR count). The van der Waals surface area contributed by atoms with E-state index in [0.29, 0.717) is 6.04 Å². The van der Waals surface area contributed by atoms with Crippen LogP contribution in [0.1, 0.15) is 19.8 Å². The molecule has 1 fully saturated rings. The number of hydrogen-bond acceptors (Lipinski definition) is 2. The van der Waals surface area contributed by atoms with Gasteiger partial charge in [-0.3, -0.25) is 4.79 Å². The average molecular weight is 165 g/mol. The lowest BCUT2D eigenvalue weighted by atomic mass is 10.0. The maximum absolute atomic E-state index is 10.8. The molecule has 0 unspecified atom stereocenters. The van der Waals surface area contributed by atoms with E-state index in [0.717, 1.165) is 12.8 Å². The van der Waals surface area contributed by atoms with Crippen molar-refractivity contribution in [1.29, 1.82) is 0 Å². The van der Waals surface area contributed by atoms with Gasteiger partial charge >= 0.3 is 0 Å². The Hall–Kier alpha value is -0.280. The summed E-state index contributed by atoms with van der Waals surface area (Å²) in [6.45, 7) is 1.99. The van der Waals surface area contributed by atoms with Gasteiger partial charge in [-0.15, -0.1) is 12.4 Å². The zero-order valence-electron chi connectivity index (χ0n) is 5.96. The van der Waals surface area contributed by atoms with E-state index in [2.05, 4.69) is 5.32 Å². The van der Waals surface area contributed by atoms with Gasteiger partial charge in [-0.25, -0.2) is 0 Å². The normalized spacial score (nSPS) is 32.4. The number of carbonyl (C=O) groups is 1. The molecule has 0 bridgehead atoms. The molecular formula is C6H13ClN2O. The van der Waals surface area contributed by atoms with Crippen LogP contribution in [0.15, 0.2) is 0 Å². The molecule has 2 atom stereocenters. The van der Waals surface area contributed by atoms with Gasteiger partial charge < -0.3 is 11.1 Å². The smallest absolute Gasteiger partial charge is 0.237 e. The molecule has 3 nitrogen and oxygen atoms in total. The standard InChI is InChI=1S/C6H12N2O.ClH/c1-4-2-3-5(7)6(9)8-4;/h4-5H,2-3,7H2,1H3,(H,8,9);1H/t4-,5-;/m0./s1. The number of piperidine rings is 1. The predicted molar refractivity (Wildman–Crippen MR) is 42.1 cm³/mol. The Morgan fingerprint density at radius 1 is 1.60 bits per heavy atom. The number of hydrogen-bond donors (Lipinski definition) is 2. The fourth-order valence-corrected chi connectivity index (χ4v) is 0.983. The quantitative estimate of drug-likeness (QED) is 0.531. The van der Waals surface area contributed by atoms with Crippen LogP contribution in [0.25, 0.3) is 0 Å². The molecule has 1 aliphatic heterocycles.